The molecule has 56 valence electrons. The molecule has 0 saturated carbocycles. The molecule has 0 aliphatic carbocycles. The summed E-state index contributed by atoms with van der Waals surface area (Å²) in [6.45, 7) is 5.97. The van der Waals surface area contributed by atoms with Crippen molar-refractivity contribution in [1.82, 2.24) is 0 Å². The van der Waals surface area contributed by atoms with Crippen molar-refractivity contribution in [3.05, 3.63) is 36.4 Å². The minimum Gasteiger partial charge on any atom is -0.485 e. The topological polar surface area (TPSA) is 9.23 Å². The number of rotatable bonds is 0. The first-order chi connectivity index (χ1) is 5.29. The van der Waals surface area contributed by atoms with Gasteiger partial charge >= 0.3 is 0 Å². The highest BCUT2D eigenvalue weighted by Gasteiger charge is 2.21. The molecule has 1 aromatic carbocycles. The molecule has 1 heteroatoms. The van der Waals surface area contributed by atoms with Crippen molar-refractivity contribution in [3.8, 4) is 5.75 Å². The molecule has 1 nitrogen and oxygen atoms in total. The summed E-state index contributed by atoms with van der Waals surface area (Å²) in [5.74, 6) is 0.963. The Morgan fingerprint density at radius 1 is 1.36 bits per heavy atom. The molecule has 1 unspecified atom stereocenters. The van der Waals surface area contributed by atoms with Crippen molar-refractivity contribution in [2.45, 2.75) is 13.0 Å². The van der Waals surface area contributed by atoms with Gasteiger partial charge in [-0.15, -0.1) is 0 Å². The molecule has 0 fully saturated rings. The average Bonchev–Trinajstić information content (AvgIpc) is 2.30. The Morgan fingerprint density at radius 2 is 2.09 bits per heavy atom. The Kier molecular flexibility index (Phi) is 1.25. The number of ether oxygens (including phenoxy) is 1. The standard InChI is InChI=1S/C10H10O/c1-7-8(2)11-10-6-4-3-5-9(7)10/h3-6,8H,1H2,2H3. The van der Waals surface area contributed by atoms with Crippen molar-refractivity contribution in [1.29, 1.82) is 0 Å². The van der Waals surface area contributed by atoms with E-state index in [4.69, 9.17) is 4.74 Å². The van der Waals surface area contributed by atoms with E-state index in [1.807, 2.05) is 31.2 Å². The second kappa shape index (κ2) is 2.12. The van der Waals surface area contributed by atoms with Crippen LogP contribution in [0.5, 0.6) is 5.75 Å². The van der Waals surface area contributed by atoms with Crippen LogP contribution in [0.25, 0.3) is 5.57 Å². The van der Waals surface area contributed by atoms with Gasteiger partial charge in [0.1, 0.15) is 11.9 Å². The maximum absolute atomic E-state index is 5.52. The molecular weight excluding hydrogens is 136 g/mol. The van der Waals surface area contributed by atoms with Crippen LogP contribution in [0.4, 0.5) is 0 Å². The molecule has 2 rings (SSSR count). The Balaban J connectivity index is 2.55. The molecule has 0 saturated heterocycles. The molecule has 1 aliphatic rings. The highest BCUT2D eigenvalue weighted by atomic mass is 16.5. The highest BCUT2D eigenvalue weighted by Crippen LogP contribution is 2.35. The van der Waals surface area contributed by atoms with Crippen LogP contribution in [-0.2, 0) is 0 Å². The van der Waals surface area contributed by atoms with E-state index < -0.39 is 0 Å². The van der Waals surface area contributed by atoms with E-state index >= 15 is 0 Å². The quantitative estimate of drug-likeness (QED) is 0.546. The predicted molar refractivity (Wildman–Crippen MR) is 45.6 cm³/mol. The zero-order valence-corrected chi connectivity index (χ0v) is 6.50. The van der Waals surface area contributed by atoms with Crippen LogP contribution in [0.15, 0.2) is 30.8 Å². The molecule has 0 bridgehead atoms. The normalized spacial score (nSPS) is 21.2. The van der Waals surface area contributed by atoms with Crippen molar-refractivity contribution in [2.24, 2.45) is 0 Å². The summed E-state index contributed by atoms with van der Waals surface area (Å²) in [6.07, 6.45) is 0.146. The number of hydrogen-bond donors (Lipinski definition) is 0. The Bertz CT molecular complexity index is 301. The first-order valence-electron chi connectivity index (χ1n) is 3.74. The molecule has 11 heavy (non-hydrogen) atoms. The molecule has 0 N–H and O–H groups in total. The van der Waals surface area contributed by atoms with E-state index in [2.05, 4.69) is 6.58 Å². The summed E-state index contributed by atoms with van der Waals surface area (Å²) in [4.78, 5) is 0. The predicted octanol–water partition coefficient (Wildman–Crippen LogP) is 2.48. The third kappa shape index (κ3) is 0.845. The molecule has 1 aromatic rings. The average molecular weight is 146 g/mol. The van der Waals surface area contributed by atoms with E-state index in [0.717, 1.165) is 16.9 Å². The van der Waals surface area contributed by atoms with E-state index in [0.29, 0.717) is 0 Å². The maximum Gasteiger partial charge on any atom is 0.127 e. The number of para-hydroxylation sites is 1. The van der Waals surface area contributed by atoms with Crippen LogP contribution in [0, 0.1) is 0 Å². The molecule has 0 aromatic heterocycles. The fraction of sp³-hybridized carbons (Fsp3) is 0.200. The fourth-order valence-corrected chi connectivity index (χ4v) is 1.32. The van der Waals surface area contributed by atoms with Gasteiger partial charge in [0.05, 0.1) is 0 Å². The molecule has 0 spiro atoms. The van der Waals surface area contributed by atoms with Gasteiger partial charge < -0.3 is 4.74 Å². The van der Waals surface area contributed by atoms with Crippen molar-refractivity contribution < 1.29 is 4.74 Å². The monoisotopic (exact) mass is 146 g/mol. The van der Waals surface area contributed by atoms with Gasteiger partial charge in [0.15, 0.2) is 0 Å². The summed E-state index contributed by atoms with van der Waals surface area (Å²) < 4.78 is 5.52. The van der Waals surface area contributed by atoms with Gasteiger partial charge in [-0.2, -0.15) is 0 Å². The molecule has 0 radical (unpaired) electrons. The zero-order valence-electron chi connectivity index (χ0n) is 6.50. The van der Waals surface area contributed by atoms with Gasteiger partial charge in [0.2, 0.25) is 0 Å². The second-order valence-electron chi connectivity index (χ2n) is 2.78. The van der Waals surface area contributed by atoms with Crippen molar-refractivity contribution in [3.63, 3.8) is 0 Å². The third-order valence-corrected chi connectivity index (χ3v) is 2.03. The third-order valence-electron chi connectivity index (χ3n) is 2.03. The minimum atomic E-state index is 0.146. The smallest absolute Gasteiger partial charge is 0.127 e. The van der Waals surface area contributed by atoms with Crippen molar-refractivity contribution in [2.75, 3.05) is 0 Å². The SMILES string of the molecule is C=C1c2ccccc2OC1C. The molecule has 1 aliphatic heterocycles. The summed E-state index contributed by atoms with van der Waals surface area (Å²) in [5.41, 5.74) is 2.24. The van der Waals surface area contributed by atoms with Gasteiger partial charge in [-0.05, 0) is 18.6 Å². The zero-order chi connectivity index (χ0) is 7.84. The highest BCUT2D eigenvalue weighted by molar-refractivity contribution is 5.75. The van der Waals surface area contributed by atoms with E-state index in [1.165, 1.54) is 0 Å². The number of hydrogen-bond acceptors (Lipinski definition) is 1. The van der Waals surface area contributed by atoms with Gasteiger partial charge in [-0.1, -0.05) is 24.8 Å². The number of fused-ring (bicyclic) bond motifs is 1. The van der Waals surface area contributed by atoms with Gasteiger partial charge in [0, 0.05) is 5.56 Å². The lowest BCUT2D eigenvalue weighted by Crippen LogP contribution is -2.03. The summed E-state index contributed by atoms with van der Waals surface area (Å²) in [7, 11) is 0. The Morgan fingerprint density at radius 3 is 2.82 bits per heavy atom. The lowest BCUT2D eigenvalue weighted by atomic mass is 10.1. The van der Waals surface area contributed by atoms with Crippen LogP contribution in [0.3, 0.4) is 0 Å². The Labute approximate surface area is 66.3 Å². The van der Waals surface area contributed by atoms with Crippen LogP contribution in [-0.4, -0.2) is 6.10 Å². The summed E-state index contributed by atoms with van der Waals surface area (Å²) >= 11 is 0. The summed E-state index contributed by atoms with van der Waals surface area (Å²) in [6, 6.07) is 8.00. The first kappa shape index (κ1) is 6.47. The molecule has 1 heterocycles. The fourth-order valence-electron chi connectivity index (χ4n) is 1.32. The lowest BCUT2D eigenvalue weighted by Gasteiger charge is -2.01. The number of benzene rings is 1. The van der Waals surface area contributed by atoms with E-state index in [-0.39, 0.29) is 6.10 Å². The van der Waals surface area contributed by atoms with Gasteiger partial charge in [0.25, 0.3) is 0 Å². The van der Waals surface area contributed by atoms with Gasteiger partial charge in [-0.25, -0.2) is 0 Å². The largest absolute Gasteiger partial charge is 0.485 e. The molecule has 1 atom stereocenters. The van der Waals surface area contributed by atoms with Gasteiger partial charge in [-0.3, -0.25) is 0 Å². The second-order valence-corrected chi connectivity index (χ2v) is 2.78. The molecule has 0 amide bonds. The van der Waals surface area contributed by atoms with E-state index in [1.54, 1.807) is 0 Å². The van der Waals surface area contributed by atoms with E-state index in [9.17, 15) is 0 Å². The van der Waals surface area contributed by atoms with Crippen LogP contribution in [0.2, 0.25) is 0 Å². The Hall–Kier alpha value is -1.24. The summed E-state index contributed by atoms with van der Waals surface area (Å²) in [5, 5.41) is 0. The maximum atomic E-state index is 5.52. The first-order valence-corrected chi connectivity index (χ1v) is 3.74. The lowest BCUT2D eigenvalue weighted by molar-refractivity contribution is 0.297. The van der Waals surface area contributed by atoms with Crippen molar-refractivity contribution >= 4 is 5.57 Å². The van der Waals surface area contributed by atoms with Crippen LogP contribution >= 0.6 is 0 Å². The van der Waals surface area contributed by atoms with Crippen LogP contribution in [0.1, 0.15) is 12.5 Å². The molecular formula is C10H10O. The van der Waals surface area contributed by atoms with Crippen LogP contribution < -0.4 is 4.74 Å². The minimum absolute atomic E-state index is 0.146.